The monoisotopic (exact) mass is 326 g/mol. The molecule has 122 valence electrons. The van der Waals surface area contributed by atoms with Crippen molar-refractivity contribution in [2.75, 3.05) is 12.4 Å². The smallest absolute Gasteiger partial charge is 0.261 e. The lowest BCUT2D eigenvalue weighted by Gasteiger charge is -2.10. The third-order valence-electron chi connectivity index (χ3n) is 3.52. The molecule has 1 aromatic heterocycles. The molecule has 0 radical (unpaired) electrons. The Hall–Kier alpha value is -3.15. The molecular formula is C18H15FN2O3. The van der Waals surface area contributed by atoms with E-state index in [0.717, 1.165) is 5.56 Å². The summed E-state index contributed by atoms with van der Waals surface area (Å²) in [7, 11) is 1.53. The molecule has 1 heterocycles. The molecule has 5 nitrogen and oxygen atoms in total. The Morgan fingerprint density at radius 1 is 1.21 bits per heavy atom. The van der Waals surface area contributed by atoms with E-state index >= 15 is 0 Å². The van der Waals surface area contributed by atoms with Crippen LogP contribution in [0.15, 0.2) is 53.2 Å². The second-order valence-corrected chi connectivity index (χ2v) is 5.23. The van der Waals surface area contributed by atoms with Crippen molar-refractivity contribution >= 4 is 11.6 Å². The van der Waals surface area contributed by atoms with Crippen LogP contribution >= 0.6 is 0 Å². The first-order valence-electron chi connectivity index (χ1n) is 7.25. The molecule has 2 aromatic carbocycles. The van der Waals surface area contributed by atoms with Gasteiger partial charge in [-0.25, -0.2) is 4.39 Å². The molecule has 3 aromatic rings. The number of halogens is 1. The zero-order chi connectivity index (χ0) is 17.1. The van der Waals surface area contributed by atoms with Crippen molar-refractivity contribution in [3.05, 3.63) is 65.6 Å². The predicted molar refractivity (Wildman–Crippen MR) is 87.6 cm³/mol. The zero-order valence-electron chi connectivity index (χ0n) is 13.2. The van der Waals surface area contributed by atoms with Gasteiger partial charge in [0.05, 0.1) is 19.0 Å². The molecule has 6 heteroatoms. The number of benzene rings is 2. The lowest BCUT2D eigenvalue weighted by Crippen LogP contribution is -2.13. The minimum Gasteiger partial charge on any atom is -0.495 e. The van der Waals surface area contributed by atoms with Crippen LogP contribution in [0.5, 0.6) is 5.75 Å². The van der Waals surface area contributed by atoms with Crippen molar-refractivity contribution < 1.29 is 18.4 Å². The maximum absolute atomic E-state index is 13.1. The quantitative estimate of drug-likeness (QED) is 0.785. The van der Waals surface area contributed by atoms with Crippen molar-refractivity contribution in [1.82, 2.24) is 5.16 Å². The van der Waals surface area contributed by atoms with Crippen molar-refractivity contribution in [2.24, 2.45) is 0 Å². The van der Waals surface area contributed by atoms with Crippen LogP contribution in [0.4, 0.5) is 10.1 Å². The van der Waals surface area contributed by atoms with Gasteiger partial charge < -0.3 is 14.6 Å². The van der Waals surface area contributed by atoms with E-state index in [-0.39, 0.29) is 23.0 Å². The number of methoxy groups -OCH3 is 1. The highest BCUT2D eigenvalue weighted by atomic mass is 19.1. The molecule has 0 fully saturated rings. The van der Waals surface area contributed by atoms with E-state index < -0.39 is 0 Å². The first-order valence-corrected chi connectivity index (χ1v) is 7.25. The highest BCUT2D eigenvalue weighted by Gasteiger charge is 2.19. The van der Waals surface area contributed by atoms with E-state index in [4.69, 9.17) is 9.26 Å². The minimum atomic E-state index is -0.389. The Kier molecular flexibility index (Phi) is 4.29. The molecule has 0 unspecified atom stereocenters. The molecule has 3 rings (SSSR count). The van der Waals surface area contributed by atoms with E-state index in [0.29, 0.717) is 17.0 Å². The summed E-state index contributed by atoms with van der Waals surface area (Å²) in [6, 6.07) is 11.1. The third kappa shape index (κ3) is 3.12. The van der Waals surface area contributed by atoms with Crippen molar-refractivity contribution in [3.8, 4) is 17.1 Å². The van der Waals surface area contributed by atoms with Crippen LogP contribution in [-0.2, 0) is 0 Å². The van der Waals surface area contributed by atoms with Crippen LogP contribution in [-0.4, -0.2) is 18.2 Å². The van der Waals surface area contributed by atoms with Crippen LogP contribution < -0.4 is 10.1 Å². The molecule has 0 aliphatic rings. The normalized spacial score (nSPS) is 10.5. The van der Waals surface area contributed by atoms with E-state index in [9.17, 15) is 9.18 Å². The van der Waals surface area contributed by atoms with Gasteiger partial charge >= 0.3 is 0 Å². The number of ether oxygens (including phenoxy) is 1. The van der Waals surface area contributed by atoms with Crippen molar-refractivity contribution in [2.45, 2.75) is 6.92 Å². The number of aryl methyl sites for hydroxylation is 1. The third-order valence-corrected chi connectivity index (χ3v) is 3.52. The van der Waals surface area contributed by atoms with Crippen LogP contribution in [0, 0.1) is 12.7 Å². The summed E-state index contributed by atoms with van der Waals surface area (Å²) < 4.78 is 23.5. The Labute approximate surface area is 138 Å². The Bertz CT molecular complexity index is 872. The van der Waals surface area contributed by atoms with E-state index in [2.05, 4.69) is 10.5 Å². The summed E-state index contributed by atoms with van der Waals surface area (Å²) in [6.07, 6.45) is 1.33. The van der Waals surface area contributed by atoms with Gasteiger partial charge in [-0.15, -0.1) is 0 Å². The molecule has 0 aliphatic carbocycles. The summed E-state index contributed by atoms with van der Waals surface area (Å²) in [5.41, 5.74) is 2.35. The Morgan fingerprint density at radius 2 is 1.96 bits per heavy atom. The number of carbonyl (C=O) groups excluding carboxylic acids is 1. The minimum absolute atomic E-state index is 0.255. The van der Waals surface area contributed by atoms with Crippen molar-refractivity contribution in [3.63, 3.8) is 0 Å². The van der Waals surface area contributed by atoms with E-state index in [1.54, 1.807) is 6.07 Å². The van der Waals surface area contributed by atoms with E-state index in [1.807, 2.05) is 19.1 Å². The maximum Gasteiger partial charge on any atom is 0.261 e. The van der Waals surface area contributed by atoms with Gasteiger partial charge in [0.25, 0.3) is 5.91 Å². The highest BCUT2D eigenvalue weighted by Crippen LogP contribution is 2.28. The van der Waals surface area contributed by atoms with Crippen LogP contribution in [0.1, 0.15) is 15.9 Å². The lowest BCUT2D eigenvalue weighted by atomic mass is 10.1. The number of hydrogen-bond acceptors (Lipinski definition) is 4. The number of amides is 1. The number of carbonyl (C=O) groups is 1. The topological polar surface area (TPSA) is 64.4 Å². The highest BCUT2D eigenvalue weighted by molar-refractivity contribution is 6.08. The standard InChI is InChI=1S/C18H15FN2O3/c1-11-3-8-16(23-2)15(9-11)21-18(22)14-10-20-24-17(14)12-4-6-13(19)7-5-12/h3-10H,1-2H3,(H,21,22). The molecule has 0 saturated heterocycles. The number of nitrogens with one attached hydrogen (secondary N) is 1. The van der Waals surface area contributed by atoms with Crippen LogP contribution in [0.2, 0.25) is 0 Å². The van der Waals surface area contributed by atoms with Gasteiger partial charge in [0, 0.05) is 5.56 Å². The second kappa shape index (κ2) is 6.54. The summed E-state index contributed by atoms with van der Waals surface area (Å²) in [5.74, 6) is 0.0705. The van der Waals surface area contributed by atoms with Crippen molar-refractivity contribution in [1.29, 1.82) is 0 Å². The number of nitrogens with zero attached hydrogens (tertiary/aromatic N) is 1. The summed E-state index contributed by atoms with van der Waals surface area (Å²) in [5, 5.41) is 6.47. The van der Waals surface area contributed by atoms with Gasteiger partial charge in [0.15, 0.2) is 5.76 Å². The number of aromatic nitrogens is 1. The fourth-order valence-electron chi connectivity index (χ4n) is 2.32. The zero-order valence-corrected chi connectivity index (χ0v) is 13.2. The predicted octanol–water partition coefficient (Wildman–Crippen LogP) is 4.05. The average molecular weight is 326 g/mol. The van der Waals surface area contributed by atoms with Crippen LogP contribution in [0.3, 0.4) is 0 Å². The molecular weight excluding hydrogens is 311 g/mol. The maximum atomic E-state index is 13.1. The fourth-order valence-corrected chi connectivity index (χ4v) is 2.32. The molecule has 0 atom stereocenters. The molecule has 0 spiro atoms. The average Bonchev–Trinajstić information content (AvgIpc) is 3.05. The molecule has 0 aliphatic heterocycles. The summed E-state index contributed by atoms with van der Waals surface area (Å²) in [6.45, 7) is 1.92. The Morgan fingerprint density at radius 3 is 2.67 bits per heavy atom. The molecule has 24 heavy (non-hydrogen) atoms. The first kappa shape index (κ1) is 15.7. The van der Waals surface area contributed by atoms with Gasteiger partial charge in [-0.2, -0.15) is 0 Å². The van der Waals surface area contributed by atoms with Gasteiger partial charge in [-0.05, 0) is 48.9 Å². The Balaban J connectivity index is 1.91. The number of rotatable bonds is 4. The second-order valence-electron chi connectivity index (χ2n) is 5.23. The fraction of sp³-hybridized carbons (Fsp3) is 0.111. The SMILES string of the molecule is COc1ccc(C)cc1NC(=O)c1cnoc1-c1ccc(F)cc1. The van der Waals surface area contributed by atoms with Gasteiger partial charge in [-0.3, -0.25) is 4.79 Å². The van der Waals surface area contributed by atoms with Gasteiger partial charge in [-0.1, -0.05) is 11.2 Å². The first-order chi connectivity index (χ1) is 11.6. The van der Waals surface area contributed by atoms with E-state index in [1.165, 1.54) is 37.6 Å². The molecule has 1 N–H and O–H groups in total. The van der Waals surface area contributed by atoms with Crippen LogP contribution in [0.25, 0.3) is 11.3 Å². The largest absolute Gasteiger partial charge is 0.495 e. The molecule has 0 saturated carbocycles. The summed E-state index contributed by atoms with van der Waals surface area (Å²) >= 11 is 0. The molecule has 1 amide bonds. The van der Waals surface area contributed by atoms with Gasteiger partial charge in [0.2, 0.25) is 0 Å². The summed E-state index contributed by atoms with van der Waals surface area (Å²) in [4.78, 5) is 12.6. The number of hydrogen-bond donors (Lipinski definition) is 1. The lowest BCUT2D eigenvalue weighted by molar-refractivity contribution is 0.102. The van der Waals surface area contributed by atoms with Gasteiger partial charge in [0.1, 0.15) is 17.1 Å². The number of anilines is 1. The molecule has 0 bridgehead atoms.